The number of rotatable bonds is 10. The molecular weight excluding hydrogens is 261 g/mol. The van der Waals surface area contributed by atoms with E-state index in [9.17, 15) is 4.79 Å². The lowest BCUT2D eigenvalue weighted by Crippen LogP contribution is -2.43. The molecule has 0 aliphatic carbocycles. The van der Waals surface area contributed by atoms with Gasteiger partial charge in [-0.2, -0.15) is 0 Å². The zero-order valence-corrected chi connectivity index (χ0v) is 12.2. The first kappa shape index (κ1) is 17.0. The third-order valence-electron chi connectivity index (χ3n) is 3.10. The van der Waals surface area contributed by atoms with Gasteiger partial charge in [0.25, 0.3) is 0 Å². The van der Waals surface area contributed by atoms with Gasteiger partial charge in [0, 0.05) is 0 Å². The second-order valence-electron chi connectivity index (χ2n) is 4.68. The molecule has 102 valence electrons. The molecule has 5 heteroatoms. The molecule has 0 fully saturated rings. The zero-order chi connectivity index (χ0) is 13.3. The number of carbonyl (C=O) groups is 1. The van der Waals surface area contributed by atoms with Crippen LogP contribution in [0.5, 0.6) is 0 Å². The van der Waals surface area contributed by atoms with Crippen LogP contribution in [0.3, 0.4) is 0 Å². The summed E-state index contributed by atoms with van der Waals surface area (Å²) in [4.78, 5) is 11.1. The van der Waals surface area contributed by atoms with E-state index >= 15 is 0 Å². The van der Waals surface area contributed by atoms with E-state index in [1.54, 1.807) is 6.92 Å². The molecule has 0 aliphatic rings. The van der Waals surface area contributed by atoms with E-state index in [4.69, 9.17) is 28.7 Å². The highest BCUT2D eigenvalue weighted by molar-refractivity contribution is 6.35. The van der Waals surface area contributed by atoms with Crippen molar-refractivity contribution in [3.63, 3.8) is 0 Å². The average Bonchev–Trinajstić information content (AvgIpc) is 2.27. The Kier molecular flexibility index (Phi) is 9.01. The van der Waals surface area contributed by atoms with Gasteiger partial charge < -0.3 is 5.11 Å². The van der Waals surface area contributed by atoms with Gasteiger partial charge in [-0.1, -0.05) is 51.9 Å². The van der Waals surface area contributed by atoms with Gasteiger partial charge in [0.15, 0.2) is 0 Å². The summed E-state index contributed by atoms with van der Waals surface area (Å²) in [5.41, 5.74) is -1.17. The molecule has 3 nitrogen and oxygen atoms in total. The van der Waals surface area contributed by atoms with Crippen molar-refractivity contribution in [1.82, 2.24) is 3.94 Å². The van der Waals surface area contributed by atoms with Crippen LogP contribution in [0, 0.1) is 0 Å². The second-order valence-corrected chi connectivity index (χ2v) is 5.53. The van der Waals surface area contributed by atoms with Crippen LogP contribution >= 0.6 is 23.6 Å². The Balaban J connectivity index is 3.74. The smallest absolute Gasteiger partial charge is 0.326 e. The predicted octanol–water partition coefficient (Wildman–Crippen LogP) is 4.58. The van der Waals surface area contributed by atoms with E-state index < -0.39 is 11.5 Å². The van der Waals surface area contributed by atoms with E-state index in [1.807, 2.05) is 0 Å². The summed E-state index contributed by atoms with van der Waals surface area (Å²) < 4.78 is 0.756. The lowest BCUT2D eigenvalue weighted by atomic mass is 9.95. The fraction of sp³-hybridized carbons (Fsp3) is 0.917. The second kappa shape index (κ2) is 9.01. The van der Waals surface area contributed by atoms with E-state index in [0.29, 0.717) is 6.42 Å². The first-order valence-corrected chi connectivity index (χ1v) is 6.98. The van der Waals surface area contributed by atoms with Gasteiger partial charge in [0.05, 0.1) is 0 Å². The highest BCUT2D eigenvalue weighted by Crippen LogP contribution is 2.27. The van der Waals surface area contributed by atoms with Crippen LogP contribution in [0.1, 0.15) is 65.2 Å². The van der Waals surface area contributed by atoms with Gasteiger partial charge in [-0.3, -0.25) is 4.79 Å². The molecule has 0 saturated carbocycles. The Bertz CT molecular complexity index is 225. The van der Waals surface area contributed by atoms with Crippen LogP contribution in [0.4, 0.5) is 0 Å². The standard InChI is InChI=1S/C12H23Cl2NO2/c1-3-4-5-6-7-8-9-10-12(2,11(16)17)15(13)14/h3-10H2,1-2H3,(H,16,17). The molecule has 0 bridgehead atoms. The highest BCUT2D eigenvalue weighted by atomic mass is 35.5. The van der Waals surface area contributed by atoms with Crippen LogP contribution in [0.25, 0.3) is 0 Å². The van der Waals surface area contributed by atoms with Crippen molar-refractivity contribution in [3.8, 4) is 0 Å². The van der Waals surface area contributed by atoms with Crippen LogP contribution in [0.15, 0.2) is 0 Å². The van der Waals surface area contributed by atoms with Crippen molar-refractivity contribution < 1.29 is 9.90 Å². The monoisotopic (exact) mass is 283 g/mol. The minimum atomic E-state index is -1.17. The topological polar surface area (TPSA) is 40.5 Å². The third kappa shape index (κ3) is 6.49. The molecule has 1 N–H and O–H groups in total. The van der Waals surface area contributed by atoms with E-state index in [1.165, 1.54) is 25.7 Å². The zero-order valence-electron chi connectivity index (χ0n) is 10.7. The average molecular weight is 284 g/mol. The maximum absolute atomic E-state index is 11.1. The van der Waals surface area contributed by atoms with Gasteiger partial charge in [-0.25, -0.2) is 0 Å². The summed E-state index contributed by atoms with van der Waals surface area (Å²) >= 11 is 11.2. The number of carboxylic acids is 1. The number of aliphatic carboxylic acids is 1. The van der Waals surface area contributed by atoms with E-state index in [0.717, 1.165) is 23.2 Å². The molecule has 1 atom stereocenters. The lowest BCUT2D eigenvalue weighted by Gasteiger charge is -2.27. The van der Waals surface area contributed by atoms with Crippen LogP contribution in [-0.2, 0) is 4.79 Å². The molecule has 0 spiro atoms. The Labute approximate surface area is 114 Å². The fourth-order valence-corrected chi connectivity index (χ4v) is 2.00. The molecule has 0 amide bonds. The van der Waals surface area contributed by atoms with Gasteiger partial charge >= 0.3 is 5.97 Å². The molecule has 1 unspecified atom stereocenters. The van der Waals surface area contributed by atoms with E-state index in [-0.39, 0.29) is 0 Å². The van der Waals surface area contributed by atoms with Gasteiger partial charge in [-0.05, 0) is 36.9 Å². The molecule has 17 heavy (non-hydrogen) atoms. The molecular formula is C12H23Cl2NO2. The quantitative estimate of drug-likeness (QED) is 0.471. The molecule has 0 rings (SSSR count). The summed E-state index contributed by atoms with van der Waals surface area (Å²) in [7, 11) is 0. The minimum Gasteiger partial charge on any atom is -0.480 e. The number of halogens is 2. The number of carboxylic acid groups (broad SMARTS) is 1. The summed E-state index contributed by atoms with van der Waals surface area (Å²) in [5, 5.41) is 9.07. The summed E-state index contributed by atoms with van der Waals surface area (Å²) in [6, 6.07) is 0. The summed E-state index contributed by atoms with van der Waals surface area (Å²) in [6.45, 7) is 3.74. The maximum atomic E-state index is 11.1. The molecule has 0 heterocycles. The van der Waals surface area contributed by atoms with Crippen molar-refractivity contribution in [2.45, 2.75) is 70.8 Å². The Morgan fingerprint density at radius 1 is 1.12 bits per heavy atom. The summed E-state index contributed by atoms with van der Waals surface area (Å²) in [6.07, 6.45) is 8.52. The Morgan fingerprint density at radius 2 is 1.59 bits per heavy atom. The number of nitrogens with zero attached hydrogens (tertiary/aromatic N) is 1. The first-order valence-electron chi connectivity index (χ1n) is 6.30. The number of hydrogen-bond acceptors (Lipinski definition) is 2. The van der Waals surface area contributed by atoms with Crippen LogP contribution < -0.4 is 0 Å². The molecule has 0 aliphatic heterocycles. The Morgan fingerprint density at radius 3 is 2.00 bits per heavy atom. The Hall–Kier alpha value is 0.01000. The normalized spacial score (nSPS) is 14.9. The first-order chi connectivity index (χ1) is 7.95. The molecule has 0 aromatic rings. The molecule has 0 radical (unpaired) electrons. The van der Waals surface area contributed by atoms with Crippen molar-refractivity contribution in [1.29, 1.82) is 0 Å². The SMILES string of the molecule is CCCCCCCCCC(C)(C(=O)O)N(Cl)Cl. The van der Waals surface area contributed by atoms with Crippen molar-refractivity contribution in [2.75, 3.05) is 0 Å². The predicted molar refractivity (Wildman–Crippen MR) is 72.2 cm³/mol. The van der Waals surface area contributed by atoms with E-state index in [2.05, 4.69) is 6.92 Å². The van der Waals surface area contributed by atoms with Crippen LogP contribution in [0.2, 0.25) is 0 Å². The number of unbranched alkanes of at least 4 members (excludes halogenated alkanes) is 6. The highest BCUT2D eigenvalue weighted by Gasteiger charge is 2.38. The van der Waals surface area contributed by atoms with Gasteiger partial charge in [0.1, 0.15) is 5.54 Å². The molecule has 0 aromatic heterocycles. The van der Waals surface area contributed by atoms with Crippen LogP contribution in [-0.4, -0.2) is 20.6 Å². The molecule has 0 aromatic carbocycles. The lowest BCUT2D eigenvalue weighted by molar-refractivity contribution is -0.145. The maximum Gasteiger partial charge on any atom is 0.326 e. The van der Waals surface area contributed by atoms with Crippen molar-refractivity contribution >= 4 is 29.5 Å². The van der Waals surface area contributed by atoms with Crippen molar-refractivity contribution in [3.05, 3.63) is 0 Å². The minimum absolute atomic E-state index is 0.475. The van der Waals surface area contributed by atoms with Crippen molar-refractivity contribution in [2.24, 2.45) is 0 Å². The fourth-order valence-electron chi connectivity index (χ4n) is 1.69. The van der Waals surface area contributed by atoms with Gasteiger partial charge in [0.2, 0.25) is 0 Å². The molecule has 0 saturated heterocycles. The largest absolute Gasteiger partial charge is 0.480 e. The summed E-state index contributed by atoms with van der Waals surface area (Å²) in [5.74, 6) is -0.978. The van der Waals surface area contributed by atoms with Gasteiger partial charge in [-0.15, -0.1) is 3.94 Å². The number of hydrogen-bond donors (Lipinski definition) is 1. The third-order valence-corrected chi connectivity index (χ3v) is 3.85.